The monoisotopic (exact) mass is 412 g/mol. The molecule has 8 heteroatoms. The highest BCUT2D eigenvalue weighted by Crippen LogP contribution is 2.31. The van der Waals surface area contributed by atoms with E-state index in [0.29, 0.717) is 5.82 Å². The lowest BCUT2D eigenvalue weighted by Gasteiger charge is -2.32. The Labute approximate surface area is 181 Å². The summed E-state index contributed by atoms with van der Waals surface area (Å²) in [7, 11) is 2.14. The van der Waals surface area contributed by atoms with Crippen molar-refractivity contribution in [1.82, 2.24) is 29.8 Å². The molecule has 0 aliphatic carbocycles. The first-order valence-corrected chi connectivity index (χ1v) is 10.4. The molecule has 1 N–H and O–H groups in total. The van der Waals surface area contributed by atoms with Gasteiger partial charge in [0.15, 0.2) is 0 Å². The van der Waals surface area contributed by atoms with Crippen molar-refractivity contribution in [3.8, 4) is 11.1 Å². The Morgan fingerprint density at radius 2 is 1.68 bits per heavy atom. The van der Waals surface area contributed by atoms with E-state index in [9.17, 15) is 0 Å². The molecule has 31 heavy (non-hydrogen) atoms. The Bertz CT molecular complexity index is 1190. The van der Waals surface area contributed by atoms with Crippen LogP contribution in [0.15, 0.2) is 55.4 Å². The number of nitrogens with zero attached hydrogens (tertiary/aromatic N) is 7. The van der Waals surface area contributed by atoms with Gasteiger partial charge >= 0.3 is 0 Å². The third kappa shape index (κ3) is 4.02. The number of benzene rings is 1. The summed E-state index contributed by atoms with van der Waals surface area (Å²) in [5.74, 6) is 1.49. The molecule has 4 heterocycles. The van der Waals surface area contributed by atoms with Crippen LogP contribution in [0.4, 0.5) is 17.5 Å². The molecule has 1 saturated heterocycles. The maximum Gasteiger partial charge on any atom is 0.225 e. The number of hydrogen-bond acceptors (Lipinski definition) is 8. The van der Waals surface area contributed by atoms with Crippen molar-refractivity contribution in [3.63, 3.8) is 0 Å². The Kier molecular flexibility index (Phi) is 5.13. The minimum atomic E-state index is 0.699. The van der Waals surface area contributed by atoms with E-state index in [1.165, 1.54) is 0 Å². The zero-order chi connectivity index (χ0) is 21.2. The second-order valence-electron chi connectivity index (χ2n) is 7.82. The summed E-state index contributed by atoms with van der Waals surface area (Å²) >= 11 is 0. The number of anilines is 3. The van der Waals surface area contributed by atoms with Crippen molar-refractivity contribution in [1.29, 1.82) is 0 Å². The molecule has 0 unspecified atom stereocenters. The maximum atomic E-state index is 4.65. The average molecular weight is 413 g/mol. The van der Waals surface area contributed by atoms with E-state index in [1.807, 2.05) is 18.5 Å². The number of aromatic nitrogens is 5. The summed E-state index contributed by atoms with van der Waals surface area (Å²) in [6, 6.07) is 6.19. The van der Waals surface area contributed by atoms with Gasteiger partial charge in [0.2, 0.25) is 5.95 Å². The van der Waals surface area contributed by atoms with Gasteiger partial charge in [0.1, 0.15) is 5.82 Å². The fourth-order valence-corrected chi connectivity index (χ4v) is 3.85. The molecule has 1 fully saturated rings. The molecule has 0 atom stereocenters. The molecule has 5 rings (SSSR count). The van der Waals surface area contributed by atoms with Crippen LogP contribution in [0.5, 0.6) is 0 Å². The summed E-state index contributed by atoms with van der Waals surface area (Å²) < 4.78 is 0. The number of hydrogen-bond donors (Lipinski definition) is 1. The predicted octanol–water partition coefficient (Wildman–Crippen LogP) is 3.29. The van der Waals surface area contributed by atoms with Crippen LogP contribution < -0.4 is 10.2 Å². The Hall–Kier alpha value is -3.65. The molecule has 0 spiro atoms. The van der Waals surface area contributed by atoms with Gasteiger partial charge in [-0.1, -0.05) is 0 Å². The molecule has 0 amide bonds. The number of fused-ring (bicyclic) bond motifs is 1. The van der Waals surface area contributed by atoms with E-state index in [-0.39, 0.29) is 0 Å². The topological polar surface area (TPSA) is 83.0 Å². The van der Waals surface area contributed by atoms with Crippen molar-refractivity contribution < 1.29 is 0 Å². The lowest BCUT2D eigenvalue weighted by molar-refractivity contribution is 0.311. The van der Waals surface area contributed by atoms with Gasteiger partial charge in [-0.3, -0.25) is 9.97 Å². The fraction of sp³-hybridized carbons (Fsp3) is 0.261. The molecule has 156 valence electrons. The van der Waals surface area contributed by atoms with Gasteiger partial charge in [-0.05, 0) is 43.3 Å². The summed E-state index contributed by atoms with van der Waals surface area (Å²) in [5, 5.41) is 4.36. The van der Waals surface area contributed by atoms with Crippen LogP contribution >= 0.6 is 0 Å². The van der Waals surface area contributed by atoms with Gasteiger partial charge in [-0.25, -0.2) is 15.0 Å². The van der Waals surface area contributed by atoms with Crippen LogP contribution in [0.3, 0.4) is 0 Å². The zero-order valence-corrected chi connectivity index (χ0v) is 17.7. The van der Waals surface area contributed by atoms with Gasteiger partial charge in [0, 0.05) is 68.1 Å². The molecule has 8 nitrogen and oxygen atoms in total. The van der Waals surface area contributed by atoms with E-state index in [1.54, 1.807) is 24.8 Å². The summed E-state index contributed by atoms with van der Waals surface area (Å²) in [5.41, 5.74) is 5.06. The maximum absolute atomic E-state index is 4.65. The molecule has 1 aliphatic heterocycles. The summed E-state index contributed by atoms with van der Waals surface area (Å²) in [4.78, 5) is 26.9. The quantitative estimate of drug-likeness (QED) is 0.547. The molecule has 4 aromatic rings. The zero-order valence-electron chi connectivity index (χ0n) is 17.7. The number of piperazine rings is 1. The molecular formula is C23H24N8. The second-order valence-corrected chi connectivity index (χ2v) is 7.82. The highest BCUT2D eigenvalue weighted by atomic mass is 15.3. The number of rotatable bonds is 4. The van der Waals surface area contributed by atoms with Gasteiger partial charge in [0.05, 0.1) is 17.4 Å². The van der Waals surface area contributed by atoms with Crippen molar-refractivity contribution in [3.05, 3.63) is 60.9 Å². The lowest BCUT2D eigenvalue weighted by Crippen LogP contribution is -2.45. The van der Waals surface area contributed by atoms with Crippen LogP contribution in [0, 0.1) is 6.92 Å². The predicted molar refractivity (Wildman–Crippen MR) is 123 cm³/mol. The number of likely N-dealkylation sites (N-methyl/N-ethyl adjacent to an activating group) is 1. The number of nitrogens with one attached hydrogen (secondary N) is 1. The SMILES string of the molecule is Cc1cc2c(Nc3cnccn3)ccnc2cc1-c1cnc(N2CCN(C)CC2)nc1. The van der Waals surface area contributed by atoms with Crippen molar-refractivity contribution in [2.24, 2.45) is 0 Å². The molecule has 1 aromatic carbocycles. The standard InChI is InChI=1S/C23H24N8/c1-16-11-19-20(29-22-15-24-5-6-26-22)3-4-25-21(19)12-18(16)17-13-27-23(28-14-17)31-9-7-30(2)8-10-31/h3-6,11-15H,7-10H2,1-2H3,(H,25,26,29). The van der Waals surface area contributed by atoms with Crippen molar-refractivity contribution in [2.45, 2.75) is 6.92 Å². The minimum Gasteiger partial charge on any atom is -0.338 e. The van der Waals surface area contributed by atoms with Crippen LogP contribution in [0.25, 0.3) is 22.0 Å². The van der Waals surface area contributed by atoms with Gasteiger partial charge in [0.25, 0.3) is 0 Å². The van der Waals surface area contributed by atoms with Gasteiger partial charge < -0.3 is 15.1 Å². The van der Waals surface area contributed by atoms with Crippen LogP contribution in [0.1, 0.15) is 5.56 Å². The normalized spacial score (nSPS) is 14.7. The van der Waals surface area contributed by atoms with E-state index >= 15 is 0 Å². The van der Waals surface area contributed by atoms with E-state index in [2.05, 4.69) is 66.1 Å². The molecule has 0 radical (unpaired) electrons. The summed E-state index contributed by atoms with van der Waals surface area (Å²) in [6.45, 7) is 6.08. The first-order chi connectivity index (χ1) is 15.2. The number of pyridine rings is 1. The number of aryl methyl sites for hydroxylation is 1. The largest absolute Gasteiger partial charge is 0.338 e. The Balaban J connectivity index is 1.45. The third-order valence-electron chi connectivity index (χ3n) is 5.65. The molecule has 1 aliphatic rings. The van der Waals surface area contributed by atoms with Crippen molar-refractivity contribution in [2.75, 3.05) is 43.4 Å². The second kappa shape index (κ2) is 8.23. The molecular weight excluding hydrogens is 388 g/mol. The van der Waals surface area contributed by atoms with Crippen LogP contribution in [-0.4, -0.2) is 63.0 Å². The van der Waals surface area contributed by atoms with E-state index in [4.69, 9.17) is 0 Å². The molecule has 0 bridgehead atoms. The highest BCUT2D eigenvalue weighted by molar-refractivity contribution is 5.96. The lowest BCUT2D eigenvalue weighted by atomic mass is 10.00. The average Bonchev–Trinajstić information content (AvgIpc) is 2.81. The van der Waals surface area contributed by atoms with Crippen LogP contribution in [0.2, 0.25) is 0 Å². The minimum absolute atomic E-state index is 0.699. The molecule has 3 aromatic heterocycles. The first-order valence-electron chi connectivity index (χ1n) is 10.4. The smallest absolute Gasteiger partial charge is 0.225 e. The third-order valence-corrected chi connectivity index (χ3v) is 5.65. The van der Waals surface area contributed by atoms with Crippen LogP contribution in [-0.2, 0) is 0 Å². The fourth-order valence-electron chi connectivity index (χ4n) is 3.85. The highest BCUT2D eigenvalue weighted by Gasteiger charge is 2.17. The van der Waals surface area contributed by atoms with Gasteiger partial charge in [-0.15, -0.1) is 0 Å². The van der Waals surface area contributed by atoms with Gasteiger partial charge in [-0.2, -0.15) is 0 Å². The first kappa shape index (κ1) is 19.3. The Morgan fingerprint density at radius 1 is 0.871 bits per heavy atom. The summed E-state index contributed by atoms with van der Waals surface area (Å²) in [6.07, 6.45) is 10.6. The Morgan fingerprint density at radius 3 is 2.42 bits per heavy atom. The molecule has 0 saturated carbocycles. The van der Waals surface area contributed by atoms with E-state index < -0.39 is 0 Å². The van der Waals surface area contributed by atoms with Crippen molar-refractivity contribution >= 4 is 28.4 Å². The van der Waals surface area contributed by atoms with E-state index in [0.717, 1.165) is 65.4 Å².